The molecule has 1 aliphatic rings. The van der Waals surface area contributed by atoms with Gasteiger partial charge in [0.05, 0.1) is 24.9 Å². The maximum absolute atomic E-state index is 13.2. The van der Waals surface area contributed by atoms with Crippen molar-refractivity contribution < 1.29 is 27.5 Å². The number of nitrogens with one attached hydrogen (secondary N) is 2. The van der Waals surface area contributed by atoms with E-state index in [1.807, 2.05) is 12.1 Å². The molecule has 3 aromatic rings. The van der Waals surface area contributed by atoms with Gasteiger partial charge < -0.3 is 19.9 Å². The fraction of sp³-hybridized carbons (Fsp3) is 0.261. The van der Waals surface area contributed by atoms with E-state index in [0.29, 0.717) is 12.3 Å². The molecule has 172 valence electrons. The summed E-state index contributed by atoms with van der Waals surface area (Å²) in [5, 5.41) is 5.54. The highest BCUT2D eigenvalue weighted by Gasteiger charge is 2.33. The van der Waals surface area contributed by atoms with Crippen molar-refractivity contribution in [2.24, 2.45) is 0 Å². The predicted molar refractivity (Wildman–Crippen MR) is 113 cm³/mol. The minimum Gasteiger partial charge on any atom is -0.497 e. The first-order valence-electron chi connectivity index (χ1n) is 10.2. The van der Waals surface area contributed by atoms with Crippen LogP contribution >= 0.6 is 0 Å². The van der Waals surface area contributed by atoms with Crippen molar-refractivity contribution in [3.63, 3.8) is 0 Å². The van der Waals surface area contributed by atoms with Crippen molar-refractivity contribution in [1.82, 2.24) is 20.2 Å². The number of hydrogen-bond donors (Lipinski definition) is 2. The van der Waals surface area contributed by atoms with Crippen molar-refractivity contribution >= 4 is 11.8 Å². The van der Waals surface area contributed by atoms with E-state index in [1.54, 1.807) is 23.8 Å². The molecule has 0 aliphatic carbocycles. The van der Waals surface area contributed by atoms with E-state index in [9.17, 15) is 22.8 Å². The van der Waals surface area contributed by atoms with Gasteiger partial charge in [-0.2, -0.15) is 13.2 Å². The molecule has 2 N–H and O–H groups in total. The average molecular weight is 458 g/mol. The number of hydrogen-bond acceptors (Lipinski definition) is 4. The number of ether oxygens (including phenoxy) is 1. The summed E-state index contributed by atoms with van der Waals surface area (Å²) < 4.78 is 46.2. The lowest BCUT2D eigenvalue weighted by Gasteiger charge is -2.27. The van der Waals surface area contributed by atoms with Crippen molar-refractivity contribution in [2.45, 2.75) is 25.2 Å². The zero-order valence-corrected chi connectivity index (χ0v) is 17.6. The molecule has 1 atom stereocenters. The Morgan fingerprint density at radius 1 is 1.24 bits per heavy atom. The van der Waals surface area contributed by atoms with Gasteiger partial charge >= 0.3 is 6.18 Å². The van der Waals surface area contributed by atoms with Crippen LogP contribution in [-0.4, -0.2) is 35.0 Å². The SMILES string of the molecule is COc1ccc(CNC(=O)CC2CNC(=O)c3cnc(-c4cccc(C(F)(F)F)c4)n32)cc1. The Hall–Kier alpha value is -3.82. The standard InChI is InChI=1S/C23H21F3N4O3/c1-33-18-7-5-14(6-8-18)11-27-20(31)10-17-12-29-22(32)19-13-28-21(30(17)19)15-3-2-4-16(9-15)23(24,25)26/h2-9,13,17H,10-12H2,1H3,(H,27,31)(H,29,32). The third kappa shape index (κ3) is 4.84. The van der Waals surface area contributed by atoms with Crippen LogP contribution in [-0.2, 0) is 17.5 Å². The van der Waals surface area contributed by atoms with Crippen LogP contribution in [0.4, 0.5) is 13.2 Å². The fourth-order valence-corrected chi connectivity index (χ4v) is 3.73. The van der Waals surface area contributed by atoms with Crippen LogP contribution in [0.2, 0.25) is 0 Å². The first kappa shape index (κ1) is 22.4. The van der Waals surface area contributed by atoms with E-state index in [0.717, 1.165) is 17.7 Å². The number of fused-ring (bicyclic) bond motifs is 1. The number of carbonyl (C=O) groups is 2. The highest BCUT2D eigenvalue weighted by molar-refractivity contribution is 5.94. The third-order valence-corrected chi connectivity index (χ3v) is 5.41. The van der Waals surface area contributed by atoms with Gasteiger partial charge in [-0.3, -0.25) is 9.59 Å². The van der Waals surface area contributed by atoms with Crippen LogP contribution in [0.1, 0.15) is 34.1 Å². The number of amides is 2. The Morgan fingerprint density at radius 2 is 2.00 bits per heavy atom. The van der Waals surface area contributed by atoms with Crippen molar-refractivity contribution in [3.05, 3.63) is 71.5 Å². The second-order valence-corrected chi connectivity index (χ2v) is 7.61. The van der Waals surface area contributed by atoms with Gasteiger partial charge in [0.2, 0.25) is 5.91 Å². The molecule has 0 spiro atoms. The number of carbonyl (C=O) groups excluding carboxylic acids is 2. The molecule has 1 aromatic heterocycles. The molecule has 0 fully saturated rings. The molecule has 0 bridgehead atoms. The summed E-state index contributed by atoms with van der Waals surface area (Å²) in [4.78, 5) is 29.1. The largest absolute Gasteiger partial charge is 0.497 e. The second-order valence-electron chi connectivity index (χ2n) is 7.61. The lowest BCUT2D eigenvalue weighted by atomic mass is 10.1. The number of imidazole rings is 1. The maximum Gasteiger partial charge on any atom is 0.416 e. The Balaban J connectivity index is 1.54. The van der Waals surface area contributed by atoms with E-state index < -0.39 is 23.7 Å². The average Bonchev–Trinajstić information content (AvgIpc) is 3.26. The van der Waals surface area contributed by atoms with Gasteiger partial charge in [-0.15, -0.1) is 0 Å². The first-order chi connectivity index (χ1) is 15.8. The van der Waals surface area contributed by atoms with Gasteiger partial charge in [0.25, 0.3) is 5.91 Å². The summed E-state index contributed by atoms with van der Waals surface area (Å²) in [6, 6.07) is 11.5. The number of halogens is 3. The molecule has 33 heavy (non-hydrogen) atoms. The summed E-state index contributed by atoms with van der Waals surface area (Å²) in [6.45, 7) is 0.462. The van der Waals surface area contributed by atoms with E-state index in [4.69, 9.17) is 4.74 Å². The molecular weight excluding hydrogens is 437 g/mol. The topological polar surface area (TPSA) is 85.2 Å². The number of nitrogens with zero attached hydrogens (tertiary/aromatic N) is 2. The van der Waals surface area contributed by atoms with Crippen LogP contribution in [0.5, 0.6) is 5.75 Å². The molecule has 4 rings (SSSR count). The summed E-state index contributed by atoms with van der Waals surface area (Å²) in [5.74, 6) is 0.258. The molecule has 2 amide bonds. The minimum atomic E-state index is -4.51. The zero-order valence-electron chi connectivity index (χ0n) is 17.6. The van der Waals surface area contributed by atoms with Gasteiger partial charge in [0.1, 0.15) is 17.3 Å². The van der Waals surface area contributed by atoms with E-state index >= 15 is 0 Å². The van der Waals surface area contributed by atoms with E-state index in [1.165, 1.54) is 18.3 Å². The van der Waals surface area contributed by atoms with Gasteiger partial charge in [-0.05, 0) is 29.8 Å². The Bertz CT molecular complexity index is 1170. The molecule has 2 heterocycles. The minimum absolute atomic E-state index is 0.0196. The first-order valence-corrected chi connectivity index (χ1v) is 10.2. The number of aromatic nitrogens is 2. The van der Waals surface area contributed by atoms with Gasteiger partial charge in [-0.1, -0.05) is 24.3 Å². The highest BCUT2D eigenvalue weighted by Crippen LogP contribution is 2.33. The maximum atomic E-state index is 13.2. The lowest BCUT2D eigenvalue weighted by Crippen LogP contribution is -2.41. The molecule has 1 aliphatic heterocycles. The predicted octanol–water partition coefficient (Wildman–Crippen LogP) is 3.57. The quantitative estimate of drug-likeness (QED) is 0.592. The van der Waals surface area contributed by atoms with Gasteiger partial charge in [0, 0.05) is 25.1 Å². The van der Waals surface area contributed by atoms with E-state index in [2.05, 4.69) is 15.6 Å². The van der Waals surface area contributed by atoms with Crippen LogP contribution in [0.3, 0.4) is 0 Å². The summed E-state index contributed by atoms with van der Waals surface area (Å²) >= 11 is 0. The molecule has 0 saturated heterocycles. The molecule has 10 heteroatoms. The summed E-state index contributed by atoms with van der Waals surface area (Å²) in [6.07, 6.45) is -3.18. The van der Waals surface area contributed by atoms with Crippen molar-refractivity contribution in [1.29, 1.82) is 0 Å². The van der Waals surface area contributed by atoms with Crippen molar-refractivity contribution in [3.8, 4) is 17.1 Å². The smallest absolute Gasteiger partial charge is 0.416 e. The van der Waals surface area contributed by atoms with E-state index in [-0.39, 0.29) is 36.0 Å². The summed E-state index contributed by atoms with van der Waals surface area (Å²) in [7, 11) is 1.57. The zero-order chi connectivity index (χ0) is 23.6. The second kappa shape index (κ2) is 8.97. The van der Waals surface area contributed by atoms with Gasteiger partial charge in [0.15, 0.2) is 0 Å². The Morgan fingerprint density at radius 3 is 2.70 bits per heavy atom. The Kier molecular flexibility index (Phi) is 6.08. The molecule has 0 radical (unpaired) electrons. The summed E-state index contributed by atoms with van der Waals surface area (Å²) in [5.41, 5.74) is 0.483. The van der Waals surface area contributed by atoms with Crippen LogP contribution in [0.25, 0.3) is 11.4 Å². The normalized spacial score (nSPS) is 15.5. The number of rotatable bonds is 6. The fourth-order valence-electron chi connectivity index (χ4n) is 3.73. The van der Waals surface area contributed by atoms with Crippen LogP contribution in [0.15, 0.2) is 54.7 Å². The van der Waals surface area contributed by atoms with Crippen LogP contribution < -0.4 is 15.4 Å². The molecule has 2 aromatic carbocycles. The Labute approximate surface area is 187 Å². The molecular formula is C23H21F3N4O3. The van der Waals surface area contributed by atoms with Gasteiger partial charge in [-0.25, -0.2) is 4.98 Å². The highest BCUT2D eigenvalue weighted by atomic mass is 19.4. The monoisotopic (exact) mass is 458 g/mol. The molecule has 0 saturated carbocycles. The van der Waals surface area contributed by atoms with Crippen molar-refractivity contribution in [2.75, 3.05) is 13.7 Å². The molecule has 1 unspecified atom stereocenters. The number of alkyl halides is 3. The number of benzene rings is 2. The lowest BCUT2D eigenvalue weighted by molar-refractivity contribution is -0.137. The number of methoxy groups -OCH3 is 1. The molecule has 7 nitrogen and oxygen atoms in total. The third-order valence-electron chi connectivity index (χ3n) is 5.41. The van der Waals surface area contributed by atoms with Crippen LogP contribution in [0, 0.1) is 0 Å².